The van der Waals surface area contributed by atoms with E-state index in [0.717, 1.165) is 0 Å². The topological polar surface area (TPSA) is 84.4 Å². The molecule has 1 saturated heterocycles. The van der Waals surface area contributed by atoms with E-state index in [2.05, 4.69) is 15.3 Å². The van der Waals surface area contributed by atoms with E-state index < -0.39 is 5.97 Å². The number of amides is 1. The fourth-order valence-electron chi connectivity index (χ4n) is 1.83. The van der Waals surface area contributed by atoms with Crippen LogP contribution in [0.5, 0.6) is 0 Å². The van der Waals surface area contributed by atoms with Crippen LogP contribution in [0.4, 0.5) is 5.95 Å². The van der Waals surface area contributed by atoms with E-state index in [4.69, 9.17) is 4.74 Å². The molecule has 1 aliphatic rings. The molecule has 102 valence electrons. The van der Waals surface area contributed by atoms with Gasteiger partial charge in [0.2, 0.25) is 11.9 Å². The van der Waals surface area contributed by atoms with Crippen molar-refractivity contribution in [3.63, 3.8) is 0 Å². The van der Waals surface area contributed by atoms with Gasteiger partial charge in [-0.3, -0.25) is 4.79 Å². The molecule has 0 aliphatic carbocycles. The zero-order valence-corrected chi connectivity index (χ0v) is 11.0. The Hall–Kier alpha value is -2.18. The summed E-state index contributed by atoms with van der Waals surface area (Å²) in [5, 5.41) is 2.73. The van der Waals surface area contributed by atoms with Gasteiger partial charge >= 0.3 is 5.97 Å². The average molecular weight is 264 g/mol. The third-order valence-corrected chi connectivity index (χ3v) is 2.78. The van der Waals surface area contributed by atoms with Crippen molar-refractivity contribution >= 4 is 17.8 Å². The minimum atomic E-state index is -0.428. The number of nitrogens with one attached hydrogen (secondary N) is 1. The van der Waals surface area contributed by atoms with Crippen LogP contribution in [0, 0.1) is 6.92 Å². The lowest BCUT2D eigenvalue weighted by atomic mass is 10.2. The summed E-state index contributed by atoms with van der Waals surface area (Å²) < 4.78 is 4.91. The van der Waals surface area contributed by atoms with Crippen LogP contribution >= 0.6 is 0 Å². The Morgan fingerprint density at radius 1 is 1.58 bits per heavy atom. The van der Waals surface area contributed by atoms with E-state index >= 15 is 0 Å². The first-order valence-corrected chi connectivity index (χ1v) is 6.14. The summed E-state index contributed by atoms with van der Waals surface area (Å²) in [7, 11) is 0. The van der Waals surface area contributed by atoms with Gasteiger partial charge in [0.1, 0.15) is 0 Å². The Morgan fingerprint density at radius 3 is 3.00 bits per heavy atom. The third-order valence-electron chi connectivity index (χ3n) is 2.78. The largest absolute Gasteiger partial charge is 0.462 e. The Bertz CT molecular complexity index is 504. The van der Waals surface area contributed by atoms with Crippen LogP contribution in [0.15, 0.2) is 6.20 Å². The number of piperazine rings is 1. The van der Waals surface area contributed by atoms with E-state index in [-0.39, 0.29) is 12.5 Å². The number of rotatable bonds is 3. The summed E-state index contributed by atoms with van der Waals surface area (Å²) in [5.41, 5.74) is 0.904. The van der Waals surface area contributed by atoms with Gasteiger partial charge in [0.25, 0.3) is 0 Å². The van der Waals surface area contributed by atoms with Crippen LogP contribution in [-0.4, -0.2) is 48.1 Å². The number of hydrogen-bond donors (Lipinski definition) is 1. The molecule has 0 bridgehead atoms. The van der Waals surface area contributed by atoms with Gasteiger partial charge < -0.3 is 15.0 Å². The van der Waals surface area contributed by atoms with Gasteiger partial charge in [0, 0.05) is 19.3 Å². The molecule has 1 amide bonds. The van der Waals surface area contributed by atoms with Crippen LogP contribution < -0.4 is 10.2 Å². The first-order valence-electron chi connectivity index (χ1n) is 6.14. The smallest absolute Gasteiger partial charge is 0.341 e. The molecule has 1 aromatic heterocycles. The molecular weight excluding hydrogens is 248 g/mol. The van der Waals surface area contributed by atoms with Crippen molar-refractivity contribution in [1.29, 1.82) is 0 Å². The van der Waals surface area contributed by atoms with E-state index in [1.54, 1.807) is 18.7 Å². The van der Waals surface area contributed by atoms with Gasteiger partial charge in [0.05, 0.1) is 24.4 Å². The highest BCUT2D eigenvalue weighted by Crippen LogP contribution is 2.13. The van der Waals surface area contributed by atoms with Crippen molar-refractivity contribution in [2.75, 3.05) is 31.1 Å². The second kappa shape index (κ2) is 5.64. The zero-order chi connectivity index (χ0) is 13.8. The van der Waals surface area contributed by atoms with Crippen molar-refractivity contribution < 1.29 is 14.3 Å². The molecule has 1 fully saturated rings. The fourth-order valence-corrected chi connectivity index (χ4v) is 1.83. The first-order chi connectivity index (χ1) is 9.11. The molecule has 19 heavy (non-hydrogen) atoms. The fraction of sp³-hybridized carbons (Fsp3) is 0.500. The van der Waals surface area contributed by atoms with Crippen molar-refractivity contribution in [3.8, 4) is 0 Å². The maximum absolute atomic E-state index is 11.6. The molecule has 2 rings (SSSR count). The van der Waals surface area contributed by atoms with Gasteiger partial charge in [-0.2, -0.15) is 0 Å². The van der Waals surface area contributed by atoms with Gasteiger partial charge in [-0.05, 0) is 13.8 Å². The minimum Gasteiger partial charge on any atom is -0.462 e. The van der Waals surface area contributed by atoms with Crippen LogP contribution in [-0.2, 0) is 9.53 Å². The van der Waals surface area contributed by atoms with Gasteiger partial charge in [-0.1, -0.05) is 0 Å². The van der Waals surface area contributed by atoms with Crippen LogP contribution in [0.3, 0.4) is 0 Å². The maximum atomic E-state index is 11.6. The van der Waals surface area contributed by atoms with Crippen molar-refractivity contribution in [3.05, 3.63) is 17.5 Å². The number of aromatic nitrogens is 2. The van der Waals surface area contributed by atoms with Crippen LogP contribution in [0.1, 0.15) is 23.0 Å². The lowest BCUT2D eigenvalue weighted by Gasteiger charge is -2.26. The molecule has 0 aromatic carbocycles. The SMILES string of the molecule is CCOC(=O)c1cnc(N2CCNC(=O)C2)nc1C. The maximum Gasteiger partial charge on any atom is 0.341 e. The molecule has 1 N–H and O–H groups in total. The molecule has 0 radical (unpaired) electrons. The summed E-state index contributed by atoms with van der Waals surface area (Å²) in [4.78, 5) is 33.1. The Morgan fingerprint density at radius 2 is 2.37 bits per heavy atom. The lowest BCUT2D eigenvalue weighted by molar-refractivity contribution is -0.120. The normalized spacial score (nSPS) is 15.1. The molecule has 7 heteroatoms. The van der Waals surface area contributed by atoms with Crippen LogP contribution in [0.25, 0.3) is 0 Å². The predicted octanol–water partition coefficient (Wildman–Crippen LogP) is -0.102. The Labute approximate surface area is 111 Å². The second-order valence-electron chi connectivity index (χ2n) is 4.16. The number of carbonyl (C=O) groups is 2. The molecular formula is C12H16N4O3. The number of anilines is 1. The molecule has 7 nitrogen and oxygen atoms in total. The predicted molar refractivity (Wildman–Crippen MR) is 67.9 cm³/mol. The molecule has 0 atom stereocenters. The van der Waals surface area contributed by atoms with Crippen LogP contribution in [0.2, 0.25) is 0 Å². The van der Waals surface area contributed by atoms with E-state index in [1.165, 1.54) is 6.20 Å². The lowest BCUT2D eigenvalue weighted by Crippen LogP contribution is -2.48. The summed E-state index contributed by atoms with van der Waals surface area (Å²) in [6, 6.07) is 0. The highest BCUT2D eigenvalue weighted by molar-refractivity contribution is 5.90. The molecule has 0 saturated carbocycles. The summed E-state index contributed by atoms with van der Waals surface area (Å²) in [6.45, 7) is 5.24. The highest BCUT2D eigenvalue weighted by atomic mass is 16.5. The van der Waals surface area contributed by atoms with Gasteiger partial charge in [0.15, 0.2) is 0 Å². The molecule has 0 spiro atoms. The number of ether oxygens (including phenoxy) is 1. The molecule has 0 unspecified atom stereocenters. The molecule has 1 aliphatic heterocycles. The van der Waals surface area contributed by atoms with Gasteiger partial charge in [-0.15, -0.1) is 0 Å². The minimum absolute atomic E-state index is 0.0537. The Balaban J connectivity index is 2.18. The zero-order valence-electron chi connectivity index (χ0n) is 11.0. The first kappa shape index (κ1) is 13.3. The number of carbonyl (C=O) groups excluding carboxylic acids is 2. The number of esters is 1. The van der Waals surface area contributed by atoms with Crippen molar-refractivity contribution in [1.82, 2.24) is 15.3 Å². The van der Waals surface area contributed by atoms with Gasteiger partial charge in [-0.25, -0.2) is 14.8 Å². The van der Waals surface area contributed by atoms with E-state index in [1.807, 2.05) is 0 Å². The monoisotopic (exact) mass is 264 g/mol. The standard InChI is InChI=1S/C12H16N4O3/c1-3-19-11(18)9-6-14-12(15-8(9)2)16-5-4-13-10(17)7-16/h6H,3-5,7H2,1-2H3,(H,13,17). The van der Waals surface area contributed by atoms with Crippen molar-refractivity contribution in [2.45, 2.75) is 13.8 Å². The number of nitrogens with zero attached hydrogens (tertiary/aromatic N) is 3. The number of aryl methyl sites for hydroxylation is 1. The quantitative estimate of drug-likeness (QED) is 0.767. The Kier molecular flexibility index (Phi) is 3.94. The van der Waals surface area contributed by atoms with Crippen molar-refractivity contribution in [2.24, 2.45) is 0 Å². The van der Waals surface area contributed by atoms with E-state index in [0.29, 0.717) is 36.9 Å². The third kappa shape index (κ3) is 2.98. The summed E-state index contributed by atoms with van der Waals surface area (Å²) >= 11 is 0. The summed E-state index contributed by atoms with van der Waals surface area (Å²) in [6.07, 6.45) is 1.45. The number of hydrogen-bond acceptors (Lipinski definition) is 6. The van der Waals surface area contributed by atoms with E-state index in [9.17, 15) is 9.59 Å². The second-order valence-corrected chi connectivity index (χ2v) is 4.16. The highest BCUT2D eigenvalue weighted by Gasteiger charge is 2.20. The molecule has 2 heterocycles. The molecule has 1 aromatic rings. The summed E-state index contributed by atoms with van der Waals surface area (Å²) in [5.74, 6) is -0.0229. The average Bonchev–Trinajstić information content (AvgIpc) is 2.38.